The molecule has 0 aliphatic carbocycles. The first kappa shape index (κ1) is 10.5. The van der Waals surface area contributed by atoms with Gasteiger partial charge >= 0.3 is 6.03 Å². The molecule has 2 N–H and O–H groups in total. The second-order valence-electron chi connectivity index (χ2n) is 3.21. The summed E-state index contributed by atoms with van der Waals surface area (Å²) < 4.78 is 6.83. The van der Waals surface area contributed by atoms with Gasteiger partial charge in [0, 0.05) is 0 Å². The number of hydrogen-bond donors (Lipinski definition) is 2. The SMILES string of the molecule is C=C1[CH+]C=[N+](C2COC(CO)S2)C(=O)N1. The van der Waals surface area contributed by atoms with E-state index in [9.17, 15) is 4.79 Å². The Morgan fingerprint density at radius 3 is 3.27 bits per heavy atom. The summed E-state index contributed by atoms with van der Waals surface area (Å²) in [5, 5.41) is 11.4. The topological polar surface area (TPSA) is 61.6 Å². The maximum absolute atomic E-state index is 11.6. The number of rotatable bonds is 2. The van der Waals surface area contributed by atoms with Crippen LogP contribution in [0.15, 0.2) is 12.3 Å². The van der Waals surface area contributed by atoms with Crippen LogP contribution in [0.1, 0.15) is 0 Å². The fraction of sp³-hybridized carbons (Fsp3) is 0.444. The predicted octanol–water partition coefficient (Wildman–Crippen LogP) is -0.0812. The number of carbonyl (C=O) groups is 1. The van der Waals surface area contributed by atoms with E-state index in [0.29, 0.717) is 12.3 Å². The minimum atomic E-state index is -0.235. The normalized spacial score (nSPS) is 30.9. The van der Waals surface area contributed by atoms with Crippen molar-refractivity contribution in [1.82, 2.24) is 5.32 Å². The van der Waals surface area contributed by atoms with Crippen LogP contribution < -0.4 is 5.32 Å². The fourth-order valence-corrected chi connectivity index (χ4v) is 2.44. The third-order valence-electron chi connectivity index (χ3n) is 2.13. The lowest BCUT2D eigenvalue weighted by atomic mass is 10.3. The standard InChI is InChI=1S/C9H11N2O3S/c1-6-2-3-11(9(13)10-6)7-5-14-8(4-12)15-7/h2-3,7-8,12H,1,4-5H2/q+1/p+1. The van der Waals surface area contributed by atoms with Gasteiger partial charge in [-0.2, -0.15) is 14.7 Å². The molecule has 2 aliphatic heterocycles. The second kappa shape index (κ2) is 4.26. The molecule has 1 fully saturated rings. The minimum Gasteiger partial charge on any atom is -0.393 e. The maximum atomic E-state index is 11.6. The molecule has 0 spiro atoms. The van der Waals surface area contributed by atoms with Crippen LogP contribution in [-0.4, -0.2) is 46.0 Å². The van der Waals surface area contributed by atoms with E-state index in [-0.39, 0.29) is 23.4 Å². The molecule has 0 aromatic heterocycles. The number of nitrogens with one attached hydrogen (secondary N) is 1. The Hall–Kier alpha value is -0.980. The summed E-state index contributed by atoms with van der Waals surface area (Å²) in [5.41, 5.74) is 0.347. The number of aliphatic hydroxyl groups is 1. The van der Waals surface area contributed by atoms with Crippen molar-refractivity contribution < 1.29 is 19.2 Å². The molecule has 0 saturated carbocycles. The van der Waals surface area contributed by atoms with Gasteiger partial charge in [0.15, 0.2) is 18.0 Å². The van der Waals surface area contributed by atoms with Gasteiger partial charge in [0.05, 0.1) is 19.8 Å². The van der Waals surface area contributed by atoms with Crippen molar-refractivity contribution >= 4 is 24.0 Å². The van der Waals surface area contributed by atoms with Crippen molar-refractivity contribution in [1.29, 1.82) is 0 Å². The average Bonchev–Trinajstić information content (AvgIpc) is 2.66. The molecule has 0 aromatic carbocycles. The van der Waals surface area contributed by atoms with Crippen LogP contribution in [0.2, 0.25) is 0 Å². The molecule has 6 heteroatoms. The first-order valence-corrected chi connectivity index (χ1v) is 5.49. The van der Waals surface area contributed by atoms with Gasteiger partial charge in [-0.25, -0.2) is 0 Å². The Morgan fingerprint density at radius 2 is 2.67 bits per heavy atom. The molecule has 2 atom stereocenters. The molecule has 0 aromatic rings. The molecule has 1 saturated heterocycles. The summed E-state index contributed by atoms with van der Waals surface area (Å²) in [6.45, 7) is 4.03. The first-order valence-electron chi connectivity index (χ1n) is 4.55. The monoisotopic (exact) mass is 228 g/mol. The molecule has 2 unspecified atom stereocenters. The third kappa shape index (κ3) is 2.17. The molecule has 15 heavy (non-hydrogen) atoms. The van der Waals surface area contributed by atoms with Crippen molar-refractivity contribution in [3.05, 3.63) is 18.7 Å². The van der Waals surface area contributed by atoms with Crippen LogP contribution in [0.3, 0.4) is 0 Å². The van der Waals surface area contributed by atoms with E-state index < -0.39 is 0 Å². The zero-order valence-electron chi connectivity index (χ0n) is 8.05. The van der Waals surface area contributed by atoms with Crippen LogP contribution in [0.4, 0.5) is 4.79 Å². The van der Waals surface area contributed by atoms with Gasteiger partial charge < -0.3 is 9.84 Å². The molecule has 2 amide bonds. The van der Waals surface area contributed by atoms with Crippen molar-refractivity contribution in [3.8, 4) is 0 Å². The Labute approximate surface area is 91.8 Å². The number of carbonyl (C=O) groups excluding carboxylic acids is 1. The first-order chi connectivity index (χ1) is 7.20. The molecule has 2 rings (SSSR count). The van der Waals surface area contributed by atoms with Crippen LogP contribution in [0.25, 0.3) is 0 Å². The van der Waals surface area contributed by atoms with Crippen LogP contribution >= 0.6 is 11.8 Å². The molecule has 0 radical (unpaired) electrons. The van der Waals surface area contributed by atoms with E-state index in [0.717, 1.165) is 0 Å². The van der Waals surface area contributed by atoms with E-state index in [1.807, 2.05) is 0 Å². The zero-order chi connectivity index (χ0) is 10.8. The highest BCUT2D eigenvalue weighted by Crippen LogP contribution is 2.28. The van der Waals surface area contributed by atoms with E-state index in [1.54, 1.807) is 17.2 Å². The van der Waals surface area contributed by atoms with Crippen molar-refractivity contribution in [2.24, 2.45) is 0 Å². The van der Waals surface area contributed by atoms with Crippen LogP contribution in [0.5, 0.6) is 0 Å². The van der Waals surface area contributed by atoms with Gasteiger partial charge in [-0.3, -0.25) is 0 Å². The molecular weight excluding hydrogens is 216 g/mol. The van der Waals surface area contributed by atoms with Gasteiger partial charge in [-0.15, -0.1) is 0 Å². The number of nitrogens with zero attached hydrogens (tertiary/aromatic N) is 1. The van der Waals surface area contributed by atoms with Gasteiger partial charge in [-0.1, -0.05) is 11.8 Å². The van der Waals surface area contributed by atoms with Crippen molar-refractivity contribution in [2.75, 3.05) is 13.2 Å². The average molecular weight is 228 g/mol. The Kier molecular flexibility index (Phi) is 2.99. The molecule has 0 bridgehead atoms. The lowest BCUT2D eigenvalue weighted by Crippen LogP contribution is -2.42. The van der Waals surface area contributed by atoms with Crippen LogP contribution in [-0.2, 0) is 4.74 Å². The highest BCUT2D eigenvalue weighted by atomic mass is 32.2. The zero-order valence-corrected chi connectivity index (χ0v) is 8.87. The van der Waals surface area contributed by atoms with Gasteiger partial charge in [-0.05, 0) is 0 Å². The van der Waals surface area contributed by atoms with E-state index in [2.05, 4.69) is 11.9 Å². The van der Waals surface area contributed by atoms with Gasteiger partial charge in [0.1, 0.15) is 5.44 Å². The molecule has 80 valence electrons. The number of allylic oxidation sites excluding steroid dienone is 1. The number of urea groups is 1. The summed E-state index contributed by atoms with van der Waals surface area (Å²) in [6, 6.07) is -0.206. The Morgan fingerprint density at radius 1 is 1.87 bits per heavy atom. The largest absolute Gasteiger partial charge is 0.501 e. The predicted molar refractivity (Wildman–Crippen MR) is 56.5 cm³/mol. The number of amides is 2. The summed E-state index contributed by atoms with van der Waals surface area (Å²) >= 11 is 1.43. The third-order valence-corrected chi connectivity index (χ3v) is 3.40. The number of hydrogen-bond acceptors (Lipinski definition) is 4. The quantitative estimate of drug-likeness (QED) is 0.512. The van der Waals surface area contributed by atoms with Crippen molar-refractivity contribution in [2.45, 2.75) is 10.8 Å². The highest BCUT2D eigenvalue weighted by molar-refractivity contribution is 8.00. The van der Waals surface area contributed by atoms with Gasteiger partial charge in [0.2, 0.25) is 0 Å². The van der Waals surface area contributed by atoms with E-state index in [4.69, 9.17) is 9.84 Å². The maximum Gasteiger partial charge on any atom is 0.501 e. The van der Waals surface area contributed by atoms with Gasteiger partial charge in [0.25, 0.3) is 5.70 Å². The van der Waals surface area contributed by atoms with Crippen LogP contribution in [0, 0.1) is 6.42 Å². The fourth-order valence-electron chi connectivity index (χ4n) is 1.39. The lowest BCUT2D eigenvalue weighted by molar-refractivity contribution is -0.442. The summed E-state index contributed by atoms with van der Waals surface area (Å²) in [4.78, 5) is 11.6. The number of aliphatic hydroxyl groups excluding tert-OH is 1. The summed E-state index contributed by atoms with van der Waals surface area (Å²) in [5.74, 6) is 0. The van der Waals surface area contributed by atoms with Crippen molar-refractivity contribution in [3.63, 3.8) is 0 Å². The molecular formula is C9H12N2O3S+2. The lowest BCUT2D eigenvalue weighted by Gasteiger charge is -2.10. The van der Waals surface area contributed by atoms with E-state index >= 15 is 0 Å². The smallest absolute Gasteiger partial charge is 0.393 e. The molecule has 2 aliphatic rings. The Balaban J connectivity index is 2.05. The van der Waals surface area contributed by atoms with E-state index in [1.165, 1.54) is 11.8 Å². The summed E-state index contributed by atoms with van der Waals surface area (Å²) in [6.07, 6.45) is 3.41. The highest BCUT2D eigenvalue weighted by Gasteiger charge is 2.38. The second-order valence-corrected chi connectivity index (χ2v) is 4.56. The molecule has 5 nitrogen and oxygen atoms in total. The number of ether oxygens (including phenoxy) is 1. The number of thioether (sulfide) groups is 1. The minimum absolute atomic E-state index is 0.0347. The summed E-state index contributed by atoms with van der Waals surface area (Å²) in [7, 11) is 0. The molecule has 2 heterocycles. The Bertz CT molecular complexity index is 329.